The van der Waals surface area contributed by atoms with Gasteiger partial charge in [0.05, 0.1) is 11.3 Å². The quantitative estimate of drug-likeness (QED) is 0.870. The maximum atomic E-state index is 12.6. The molecule has 1 aromatic carbocycles. The Hall–Kier alpha value is -1.21. The van der Waals surface area contributed by atoms with Crippen molar-refractivity contribution in [1.29, 1.82) is 0 Å². The van der Waals surface area contributed by atoms with Gasteiger partial charge >= 0.3 is 0 Å². The van der Waals surface area contributed by atoms with E-state index in [9.17, 15) is 8.42 Å². The molecule has 2 unspecified atom stereocenters. The average molecular weight is 368 g/mol. The van der Waals surface area contributed by atoms with Gasteiger partial charge < -0.3 is 5.32 Å². The lowest BCUT2D eigenvalue weighted by atomic mass is 10.0. The number of hydrogen-bond acceptors (Lipinski definition) is 4. The van der Waals surface area contributed by atoms with Gasteiger partial charge in [0.1, 0.15) is 0 Å². The summed E-state index contributed by atoms with van der Waals surface area (Å²) in [4.78, 5) is 4.34. The summed E-state index contributed by atoms with van der Waals surface area (Å²) in [6.07, 6.45) is 5.82. The van der Waals surface area contributed by atoms with Gasteiger partial charge in [-0.15, -0.1) is 12.4 Å². The van der Waals surface area contributed by atoms with E-state index < -0.39 is 10.0 Å². The lowest BCUT2D eigenvalue weighted by Crippen LogP contribution is -2.48. The van der Waals surface area contributed by atoms with Crippen LogP contribution in [0.15, 0.2) is 36.5 Å². The minimum Gasteiger partial charge on any atom is -0.311 e. The predicted octanol–water partition coefficient (Wildman–Crippen LogP) is 2.36. The van der Waals surface area contributed by atoms with Crippen LogP contribution in [-0.4, -0.2) is 31.5 Å². The molecule has 2 aliphatic heterocycles. The summed E-state index contributed by atoms with van der Waals surface area (Å²) in [5.74, 6) is -0.0133. The Morgan fingerprint density at radius 3 is 2.58 bits per heavy atom. The van der Waals surface area contributed by atoms with Crippen LogP contribution in [0.25, 0.3) is 10.9 Å². The summed E-state index contributed by atoms with van der Waals surface area (Å²) in [7, 11) is -3.36. The second-order valence-electron chi connectivity index (χ2n) is 6.68. The van der Waals surface area contributed by atoms with Crippen molar-refractivity contribution in [3.63, 3.8) is 0 Å². The molecule has 3 heterocycles. The number of nitrogens with zero attached hydrogens (tertiary/aromatic N) is 1. The maximum absolute atomic E-state index is 12.6. The molecule has 5 nitrogen and oxygen atoms in total. The van der Waals surface area contributed by atoms with Gasteiger partial charge in [0.2, 0.25) is 10.0 Å². The topological polar surface area (TPSA) is 71.1 Å². The number of pyridine rings is 1. The third kappa shape index (κ3) is 3.72. The number of halogens is 1. The van der Waals surface area contributed by atoms with Gasteiger partial charge in [-0.05, 0) is 37.3 Å². The highest BCUT2D eigenvalue weighted by Crippen LogP contribution is 2.27. The van der Waals surface area contributed by atoms with Gasteiger partial charge in [-0.1, -0.05) is 24.3 Å². The maximum Gasteiger partial charge on any atom is 0.216 e. The van der Waals surface area contributed by atoms with E-state index in [1.807, 2.05) is 30.3 Å². The molecule has 2 atom stereocenters. The summed E-state index contributed by atoms with van der Waals surface area (Å²) in [6.45, 7) is 0. The van der Waals surface area contributed by atoms with Gasteiger partial charge in [0, 0.05) is 29.7 Å². The molecule has 2 saturated heterocycles. The van der Waals surface area contributed by atoms with E-state index in [0.717, 1.165) is 42.1 Å². The molecule has 1 aromatic heterocycles. The average Bonchev–Trinajstić information content (AvgIpc) is 2.86. The van der Waals surface area contributed by atoms with Crippen LogP contribution in [-0.2, 0) is 15.8 Å². The van der Waals surface area contributed by atoms with E-state index >= 15 is 0 Å². The van der Waals surface area contributed by atoms with Crippen molar-refractivity contribution in [2.75, 3.05) is 0 Å². The van der Waals surface area contributed by atoms with Gasteiger partial charge in [-0.3, -0.25) is 4.98 Å². The Labute approximate surface area is 148 Å². The lowest BCUT2D eigenvalue weighted by molar-refractivity contribution is 0.345. The monoisotopic (exact) mass is 367 g/mol. The third-order valence-electron chi connectivity index (χ3n) is 4.88. The number of rotatable bonds is 4. The van der Waals surface area contributed by atoms with E-state index in [2.05, 4.69) is 15.0 Å². The first-order valence-electron chi connectivity index (χ1n) is 8.18. The van der Waals surface area contributed by atoms with Gasteiger partial charge in [0.25, 0.3) is 0 Å². The highest BCUT2D eigenvalue weighted by atomic mass is 35.5. The normalized spacial score (nSPS) is 26.2. The fourth-order valence-corrected chi connectivity index (χ4v) is 5.36. The molecule has 2 aromatic rings. The highest BCUT2D eigenvalue weighted by molar-refractivity contribution is 7.88. The molecule has 0 saturated carbocycles. The summed E-state index contributed by atoms with van der Waals surface area (Å²) in [5.41, 5.74) is 1.53. The van der Waals surface area contributed by atoms with Gasteiger partial charge in [-0.2, -0.15) is 0 Å². The zero-order valence-electron chi connectivity index (χ0n) is 13.3. The van der Waals surface area contributed by atoms with Crippen molar-refractivity contribution in [2.24, 2.45) is 0 Å². The van der Waals surface area contributed by atoms with Crippen molar-refractivity contribution < 1.29 is 8.42 Å². The second-order valence-corrected chi connectivity index (χ2v) is 8.43. The zero-order chi connectivity index (χ0) is 15.9. The van der Waals surface area contributed by atoms with Crippen molar-refractivity contribution >= 4 is 33.3 Å². The molecule has 0 spiro atoms. The number of piperidine rings is 1. The van der Waals surface area contributed by atoms with E-state index in [0.29, 0.717) is 12.1 Å². The summed E-state index contributed by atoms with van der Waals surface area (Å²) in [6, 6.07) is 10.5. The summed E-state index contributed by atoms with van der Waals surface area (Å²) in [5, 5.41) is 4.51. The molecule has 0 radical (unpaired) electrons. The molecule has 24 heavy (non-hydrogen) atoms. The zero-order valence-corrected chi connectivity index (χ0v) is 14.9. The van der Waals surface area contributed by atoms with E-state index in [-0.39, 0.29) is 24.2 Å². The number of nitrogens with one attached hydrogen (secondary N) is 2. The van der Waals surface area contributed by atoms with E-state index in [1.165, 1.54) is 0 Å². The first-order valence-corrected chi connectivity index (χ1v) is 9.83. The lowest BCUT2D eigenvalue weighted by Gasteiger charge is -2.29. The first kappa shape index (κ1) is 17.6. The summed E-state index contributed by atoms with van der Waals surface area (Å²) >= 11 is 0. The molecule has 2 fully saturated rings. The summed E-state index contributed by atoms with van der Waals surface area (Å²) < 4.78 is 28.1. The van der Waals surface area contributed by atoms with Crippen LogP contribution in [0, 0.1) is 0 Å². The van der Waals surface area contributed by atoms with Crippen LogP contribution < -0.4 is 10.0 Å². The largest absolute Gasteiger partial charge is 0.311 e. The van der Waals surface area contributed by atoms with Crippen LogP contribution >= 0.6 is 12.4 Å². The third-order valence-corrected chi connectivity index (χ3v) is 6.26. The number of sulfonamides is 1. The fourth-order valence-electron chi connectivity index (χ4n) is 3.94. The predicted molar refractivity (Wildman–Crippen MR) is 97.7 cm³/mol. The number of aromatic nitrogens is 1. The van der Waals surface area contributed by atoms with Gasteiger partial charge in [-0.25, -0.2) is 13.1 Å². The molecule has 7 heteroatoms. The molecule has 2 bridgehead atoms. The molecule has 4 rings (SSSR count). The number of hydrogen-bond donors (Lipinski definition) is 2. The Balaban J connectivity index is 0.00000169. The molecule has 2 aliphatic rings. The minimum absolute atomic E-state index is 0. The van der Waals surface area contributed by atoms with E-state index in [4.69, 9.17) is 0 Å². The first-order chi connectivity index (χ1) is 11.1. The highest BCUT2D eigenvalue weighted by Gasteiger charge is 2.35. The van der Waals surface area contributed by atoms with Crippen molar-refractivity contribution in [3.05, 3.63) is 42.1 Å². The second kappa shape index (κ2) is 6.96. The Morgan fingerprint density at radius 1 is 1.12 bits per heavy atom. The Bertz CT molecular complexity index is 810. The number of benzene rings is 1. The molecular formula is C17H22ClN3O2S. The van der Waals surface area contributed by atoms with E-state index in [1.54, 1.807) is 6.20 Å². The van der Waals surface area contributed by atoms with Crippen molar-refractivity contribution in [2.45, 2.75) is 49.6 Å². The molecule has 0 aliphatic carbocycles. The number of fused-ring (bicyclic) bond motifs is 3. The van der Waals surface area contributed by atoms with Crippen LogP contribution in [0.3, 0.4) is 0 Å². The van der Waals surface area contributed by atoms with Crippen molar-refractivity contribution in [3.8, 4) is 0 Å². The molecular weight excluding hydrogens is 346 g/mol. The van der Waals surface area contributed by atoms with Crippen LogP contribution in [0.2, 0.25) is 0 Å². The van der Waals surface area contributed by atoms with Crippen LogP contribution in [0.1, 0.15) is 31.2 Å². The standard InChI is InChI=1S/C17H21N3O2S.ClH/c21-23(22,20-16-9-14-6-7-15(10-16)19-14)11-13-4-1-3-12-5-2-8-18-17(12)13;/h1-5,8,14-16,19-20H,6-7,9-11H2;1H. The minimum atomic E-state index is -3.36. The van der Waals surface area contributed by atoms with Crippen molar-refractivity contribution in [1.82, 2.24) is 15.0 Å². The SMILES string of the molecule is Cl.O=S(=O)(Cc1cccc2cccnc12)NC1CC2CCC(C1)N2. The Kier molecular flexibility index (Phi) is 5.11. The molecule has 2 N–H and O–H groups in total. The fraction of sp³-hybridized carbons (Fsp3) is 0.471. The molecule has 0 amide bonds. The van der Waals surface area contributed by atoms with Crippen LogP contribution in [0.5, 0.6) is 0 Å². The number of para-hydroxylation sites is 1. The van der Waals surface area contributed by atoms with Gasteiger partial charge in [0.15, 0.2) is 0 Å². The van der Waals surface area contributed by atoms with Crippen LogP contribution in [0.4, 0.5) is 0 Å². The Morgan fingerprint density at radius 2 is 1.83 bits per heavy atom. The molecule has 130 valence electrons. The smallest absolute Gasteiger partial charge is 0.216 e.